The van der Waals surface area contributed by atoms with Gasteiger partial charge in [0.2, 0.25) is 0 Å². The number of methoxy groups -OCH3 is 1. The summed E-state index contributed by atoms with van der Waals surface area (Å²) in [6.07, 6.45) is 7.31. The van der Waals surface area contributed by atoms with E-state index in [2.05, 4.69) is 20.0 Å². The molecule has 1 N–H and O–H groups in total. The molecule has 0 spiro atoms. The number of rotatable bonds is 7. The first kappa shape index (κ1) is 14.1. The molecule has 1 heterocycles. The van der Waals surface area contributed by atoms with E-state index in [0.717, 1.165) is 19.3 Å². The third-order valence-electron chi connectivity index (χ3n) is 2.37. The zero-order valence-corrected chi connectivity index (χ0v) is 10.4. The standard InChI is InChI=1S/C12H17N3O3/c1-18-11(16)5-3-2-4-6-15-12(17)10-9-13-7-8-14-10/h7-9H,2-6H2,1H3,(H,15,17). The summed E-state index contributed by atoms with van der Waals surface area (Å²) >= 11 is 0. The Morgan fingerprint density at radius 3 is 2.78 bits per heavy atom. The monoisotopic (exact) mass is 251 g/mol. The van der Waals surface area contributed by atoms with E-state index in [0.29, 0.717) is 18.7 Å². The van der Waals surface area contributed by atoms with Crippen LogP contribution in [0.2, 0.25) is 0 Å². The molecule has 6 nitrogen and oxygen atoms in total. The van der Waals surface area contributed by atoms with Gasteiger partial charge in [-0.05, 0) is 12.8 Å². The molecule has 0 radical (unpaired) electrons. The van der Waals surface area contributed by atoms with Crippen LogP contribution in [0, 0.1) is 0 Å². The van der Waals surface area contributed by atoms with Gasteiger partial charge in [-0.1, -0.05) is 6.42 Å². The number of esters is 1. The van der Waals surface area contributed by atoms with E-state index >= 15 is 0 Å². The van der Waals surface area contributed by atoms with Crippen molar-refractivity contribution >= 4 is 11.9 Å². The van der Waals surface area contributed by atoms with E-state index in [-0.39, 0.29) is 11.9 Å². The van der Waals surface area contributed by atoms with Crippen molar-refractivity contribution in [2.75, 3.05) is 13.7 Å². The summed E-state index contributed by atoms with van der Waals surface area (Å²) in [5.74, 6) is -0.422. The molecule has 0 saturated carbocycles. The van der Waals surface area contributed by atoms with Gasteiger partial charge in [0.1, 0.15) is 5.69 Å². The van der Waals surface area contributed by atoms with E-state index in [1.807, 2.05) is 0 Å². The van der Waals surface area contributed by atoms with Crippen LogP contribution in [-0.4, -0.2) is 35.5 Å². The summed E-state index contributed by atoms with van der Waals surface area (Å²) in [6.45, 7) is 0.566. The number of hydrogen-bond acceptors (Lipinski definition) is 5. The minimum absolute atomic E-state index is 0.196. The molecule has 0 aliphatic heterocycles. The molecule has 0 aliphatic rings. The Bertz CT molecular complexity index is 381. The number of carbonyl (C=O) groups excluding carboxylic acids is 2. The van der Waals surface area contributed by atoms with Crippen LogP contribution in [0.1, 0.15) is 36.2 Å². The molecule has 1 aromatic rings. The van der Waals surface area contributed by atoms with Crippen molar-refractivity contribution in [1.82, 2.24) is 15.3 Å². The van der Waals surface area contributed by atoms with E-state index in [1.165, 1.54) is 25.7 Å². The van der Waals surface area contributed by atoms with Crippen LogP contribution < -0.4 is 5.32 Å². The molecule has 1 rings (SSSR count). The third-order valence-corrected chi connectivity index (χ3v) is 2.37. The molecule has 18 heavy (non-hydrogen) atoms. The molecule has 1 aromatic heterocycles. The maximum atomic E-state index is 11.5. The fourth-order valence-corrected chi connectivity index (χ4v) is 1.38. The van der Waals surface area contributed by atoms with Crippen LogP contribution in [0.15, 0.2) is 18.6 Å². The van der Waals surface area contributed by atoms with Crippen LogP contribution in [0.3, 0.4) is 0 Å². The molecule has 1 amide bonds. The van der Waals surface area contributed by atoms with Crippen molar-refractivity contribution in [3.8, 4) is 0 Å². The minimum atomic E-state index is -0.226. The van der Waals surface area contributed by atoms with Crippen LogP contribution in [0.25, 0.3) is 0 Å². The number of ether oxygens (including phenoxy) is 1. The number of aromatic nitrogens is 2. The van der Waals surface area contributed by atoms with Gasteiger partial charge >= 0.3 is 5.97 Å². The summed E-state index contributed by atoms with van der Waals surface area (Å²) in [7, 11) is 1.38. The number of unbranched alkanes of at least 4 members (excludes halogenated alkanes) is 2. The van der Waals surface area contributed by atoms with Crippen molar-refractivity contribution in [2.24, 2.45) is 0 Å². The van der Waals surface area contributed by atoms with Crippen LogP contribution >= 0.6 is 0 Å². The van der Waals surface area contributed by atoms with Crippen molar-refractivity contribution in [3.63, 3.8) is 0 Å². The predicted octanol–water partition coefficient (Wildman–Crippen LogP) is 0.940. The quantitative estimate of drug-likeness (QED) is 0.576. The molecule has 98 valence electrons. The summed E-state index contributed by atoms with van der Waals surface area (Å²) in [6, 6.07) is 0. The first-order valence-corrected chi connectivity index (χ1v) is 5.85. The Balaban J connectivity index is 2.08. The Hall–Kier alpha value is -1.98. The van der Waals surface area contributed by atoms with Gasteiger partial charge in [-0.25, -0.2) is 4.98 Å². The average Bonchev–Trinajstić information content (AvgIpc) is 2.43. The lowest BCUT2D eigenvalue weighted by Crippen LogP contribution is -2.25. The van der Waals surface area contributed by atoms with Gasteiger partial charge < -0.3 is 10.1 Å². The fourth-order valence-electron chi connectivity index (χ4n) is 1.38. The van der Waals surface area contributed by atoms with Crippen molar-refractivity contribution in [2.45, 2.75) is 25.7 Å². The number of nitrogens with zero attached hydrogens (tertiary/aromatic N) is 2. The number of amides is 1. The van der Waals surface area contributed by atoms with Crippen LogP contribution in [0.4, 0.5) is 0 Å². The van der Waals surface area contributed by atoms with E-state index in [4.69, 9.17) is 0 Å². The Morgan fingerprint density at radius 1 is 1.28 bits per heavy atom. The van der Waals surface area contributed by atoms with E-state index in [9.17, 15) is 9.59 Å². The second-order valence-electron chi connectivity index (χ2n) is 3.73. The smallest absolute Gasteiger partial charge is 0.305 e. The second-order valence-corrected chi connectivity index (χ2v) is 3.73. The second kappa shape index (κ2) is 8.16. The van der Waals surface area contributed by atoms with Gasteiger partial charge in [0.05, 0.1) is 13.3 Å². The SMILES string of the molecule is COC(=O)CCCCCNC(=O)c1cnccn1. The maximum absolute atomic E-state index is 11.5. The van der Waals surface area contributed by atoms with Gasteiger partial charge in [0.25, 0.3) is 5.91 Å². The van der Waals surface area contributed by atoms with Gasteiger partial charge in [0, 0.05) is 25.4 Å². The summed E-state index contributed by atoms with van der Waals surface area (Å²) < 4.78 is 4.53. The fraction of sp³-hybridized carbons (Fsp3) is 0.500. The molecule has 0 fully saturated rings. The molecule has 0 unspecified atom stereocenters. The molecule has 0 aliphatic carbocycles. The van der Waals surface area contributed by atoms with Crippen molar-refractivity contribution < 1.29 is 14.3 Å². The molecule has 0 atom stereocenters. The summed E-state index contributed by atoms with van der Waals surface area (Å²) in [5, 5.41) is 2.74. The molecule has 0 bridgehead atoms. The molecule has 6 heteroatoms. The lowest BCUT2D eigenvalue weighted by atomic mass is 10.2. The normalized spacial score (nSPS) is 9.83. The number of carbonyl (C=O) groups is 2. The Morgan fingerprint density at radius 2 is 2.11 bits per heavy atom. The Labute approximate surface area is 106 Å². The molecule has 0 saturated heterocycles. The van der Waals surface area contributed by atoms with Gasteiger partial charge in [-0.15, -0.1) is 0 Å². The molecular weight excluding hydrogens is 234 g/mol. The first-order valence-electron chi connectivity index (χ1n) is 5.85. The average molecular weight is 251 g/mol. The highest BCUT2D eigenvalue weighted by molar-refractivity contribution is 5.91. The summed E-state index contributed by atoms with van der Waals surface area (Å²) in [4.78, 5) is 30.1. The molecule has 0 aromatic carbocycles. The highest BCUT2D eigenvalue weighted by atomic mass is 16.5. The topological polar surface area (TPSA) is 81.2 Å². The summed E-state index contributed by atoms with van der Waals surface area (Å²) in [5.41, 5.74) is 0.312. The minimum Gasteiger partial charge on any atom is -0.469 e. The van der Waals surface area contributed by atoms with E-state index < -0.39 is 0 Å². The van der Waals surface area contributed by atoms with Gasteiger partial charge in [-0.2, -0.15) is 0 Å². The zero-order chi connectivity index (χ0) is 13.2. The van der Waals surface area contributed by atoms with Crippen molar-refractivity contribution in [1.29, 1.82) is 0 Å². The lowest BCUT2D eigenvalue weighted by Gasteiger charge is -2.04. The predicted molar refractivity (Wildman–Crippen MR) is 64.8 cm³/mol. The Kier molecular flexibility index (Phi) is 6.38. The first-order chi connectivity index (χ1) is 8.74. The molecular formula is C12H17N3O3. The van der Waals surface area contributed by atoms with Crippen molar-refractivity contribution in [3.05, 3.63) is 24.3 Å². The highest BCUT2D eigenvalue weighted by Crippen LogP contribution is 2.00. The number of hydrogen-bond donors (Lipinski definition) is 1. The zero-order valence-electron chi connectivity index (χ0n) is 10.4. The van der Waals surface area contributed by atoms with Crippen LogP contribution in [0.5, 0.6) is 0 Å². The van der Waals surface area contributed by atoms with Crippen LogP contribution in [-0.2, 0) is 9.53 Å². The van der Waals surface area contributed by atoms with Gasteiger partial charge in [-0.3, -0.25) is 14.6 Å². The highest BCUT2D eigenvalue weighted by Gasteiger charge is 2.05. The largest absolute Gasteiger partial charge is 0.469 e. The third kappa shape index (κ3) is 5.38. The van der Waals surface area contributed by atoms with Gasteiger partial charge in [0.15, 0.2) is 0 Å². The lowest BCUT2D eigenvalue weighted by molar-refractivity contribution is -0.140. The van der Waals surface area contributed by atoms with E-state index in [1.54, 1.807) is 0 Å². The maximum Gasteiger partial charge on any atom is 0.305 e. The number of nitrogens with one attached hydrogen (secondary N) is 1.